The smallest absolute Gasteiger partial charge is 0.339 e. The molecule has 22 heteroatoms. The van der Waals surface area contributed by atoms with Gasteiger partial charge in [0.25, 0.3) is 0 Å². The van der Waals surface area contributed by atoms with Crippen LogP contribution in [0.1, 0.15) is 108 Å². The number of hydrogen-bond donors (Lipinski definition) is 1. The molecule has 0 radical (unpaired) electrons. The fourth-order valence-electron chi connectivity index (χ4n) is 15.3. The molecule has 5 atom stereocenters. The minimum absolute atomic E-state index is 0.00764. The summed E-state index contributed by atoms with van der Waals surface area (Å²) in [6, 6.07) is 124. The Hall–Kier alpha value is -17.1. The van der Waals surface area contributed by atoms with Gasteiger partial charge in [0.15, 0.2) is 70.6 Å². The van der Waals surface area contributed by atoms with Crippen molar-refractivity contribution in [3.8, 4) is 69.0 Å². The van der Waals surface area contributed by atoms with Gasteiger partial charge in [0, 0.05) is 0 Å². The molecular weight excluding hydrogens is 1770 g/mol. The molecule has 0 bridgehead atoms. The molecule has 0 saturated carbocycles. The molecule has 1 N–H and O–H groups in total. The maximum Gasteiger partial charge on any atom is 0.339 e. The molecule has 0 spiro atoms. The third-order valence-corrected chi connectivity index (χ3v) is 22.5. The molecule has 17 rings (SSSR count). The molecule has 1 aliphatic heterocycles. The van der Waals surface area contributed by atoms with Crippen molar-refractivity contribution >= 4 is 23.9 Å². The number of benzene rings is 16. The molecule has 22 nitrogen and oxygen atoms in total. The molecule has 1 saturated heterocycles. The Labute approximate surface area is 811 Å². The second kappa shape index (κ2) is 48.4. The molecule has 0 aliphatic carbocycles. The molecule has 0 aromatic heterocycles. The highest BCUT2D eigenvalue weighted by molar-refractivity contribution is 5.94. The van der Waals surface area contributed by atoms with Crippen molar-refractivity contribution in [2.75, 3.05) is 6.61 Å². The SMILES string of the molecule is O=C(OC[C@H]1OC(O)[C@H](OC(=O)c2cc(OCc3ccccc3)c(OCc3ccccc3)c(OCc3ccccc3)c2)[C@@H](OC(=O)c2cc(OCc3ccccc3)c(OCc3ccccc3)c(OCc3ccccc3)c2)[C@@H]1OC(=O)c1cc(OCc2ccccc2)c(OCc2ccccc2)c(OCc2ccccc2)c1)c1cc(OCc2ccccc2)c(OCc2ccccc2)c(OCc2ccccc2)c1. The summed E-state index contributed by atoms with van der Waals surface area (Å²) in [6.45, 7) is -1.05. The normalized spacial score (nSPS) is 14.1. The Balaban J connectivity index is 0.818. The fourth-order valence-corrected chi connectivity index (χ4v) is 15.3. The van der Waals surface area contributed by atoms with E-state index in [1.807, 2.05) is 364 Å². The van der Waals surface area contributed by atoms with E-state index in [9.17, 15) is 5.11 Å². The third-order valence-electron chi connectivity index (χ3n) is 22.5. The number of carbonyl (C=O) groups is 4. The van der Waals surface area contributed by atoms with Gasteiger partial charge in [0.1, 0.15) is 92.0 Å². The van der Waals surface area contributed by atoms with E-state index >= 15 is 19.2 Å². The van der Waals surface area contributed by atoms with E-state index in [1.165, 1.54) is 48.5 Å². The van der Waals surface area contributed by atoms with Crippen LogP contribution in [0.3, 0.4) is 0 Å². The summed E-state index contributed by atoms with van der Waals surface area (Å²) in [5.74, 6) is -3.81. The topological polar surface area (TPSA) is 245 Å². The lowest BCUT2D eigenvalue weighted by Gasteiger charge is -2.42. The first-order valence-corrected chi connectivity index (χ1v) is 45.8. The number of esters is 4. The van der Waals surface area contributed by atoms with Crippen LogP contribution in [0.25, 0.3) is 0 Å². The van der Waals surface area contributed by atoms with E-state index in [2.05, 4.69) is 0 Å². The number of carbonyl (C=O) groups excluding carboxylic acids is 4. The first-order chi connectivity index (χ1) is 68.9. The van der Waals surface area contributed by atoms with Crippen LogP contribution >= 0.6 is 0 Å². The molecule has 1 fully saturated rings. The largest absolute Gasteiger partial charge is 0.485 e. The fraction of sp³-hybridized carbons (Fsp3) is 0.153. The minimum atomic E-state index is -2.37. The second-order valence-electron chi connectivity index (χ2n) is 32.8. The Bertz CT molecular complexity index is 6410. The summed E-state index contributed by atoms with van der Waals surface area (Å²) in [4.78, 5) is 65.1. The molecule has 0 amide bonds. The van der Waals surface area contributed by atoms with E-state index in [1.54, 1.807) is 0 Å². The van der Waals surface area contributed by atoms with Crippen molar-refractivity contribution in [2.24, 2.45) is 0 Å². The van der Waals surface area contributed by atoms with Crippen molar-refractivity contribution in [1.29, 1.82) is 0 Å². The van der Waals surface area contributed by atoms with E-state index in [4.69, 9.17) is 80.5 Å². The minimum Gasteiger partial charge on any atom is -0.485 e. The van der Waals surface area contributed by atoms with Gasteiger partial charge in [-0.2, -0.15) is 0 Å². The van der Waals surface area contributed by atoms with Gasteiger partial charge in [-0.15, -0.1) is 0 Å². The van der Waals surface area contributed by atoms with E-state index in [0.717, 1.165) is 66.8 Å². The maximum absolute atomic E-state index is 16.6. The number of aliphatic hydroxyl groups is 1. The van der Waals surface area contributed by atoms with Crippen LogP contribution in [0.15, 0.2) is 413 Å². The number of ether oxygens (including phenoxy) is 17. The Morgan fingerprint density at radius 3 is 0.543 bits per heavy atom. The van der Waals surface area contributed by atoms with Crippen LogP contribution in [-0.2, 0) is 103 Å². The Kier molecular flexibility index (Phi) is 32.7. The maximum atomic E-state index is 16.6. The van der Waals surface area contributed by atoms with Crippen LogP contribution < -0.4 is 56.8 Å². The van der Waals surface area contributed by atoms with E-state index in [0.29, 0.717) is 0 Å². The van der Waals surface area contributed by atoms with Gasteiger partial charge < -0.3 is 85.6 Å². The quantitative estimate of drug-likeness (QED) is 0.0275. The van der Waals surface area contributed by atoms with Crippen LogP contribution in [0.4, 0.5) is 0 Å². The first kappa shape index (κ1) is 94.7. The van der Waals surface area contributed by atoms with E-state index in [-0.39, 0.29) is 171 Å². The van der Waals surface area contributed by atoms with Gasteiger partial charge in [-0.25, -0.2) is 19.2 Å². The molecule has 1 heterocycles. The highest BCUT2D eigenvalue weighted by Crippen LogP contribution is 2.47. The standard InChI is InChI=1S/C118H100O22/c119-114(94-61-98(124-69-82-37-13-1-14-38-82)107(132-77-90-53-29-9-30-54-90)99(62-94)125-70-83-39-15-2-16-40-83)136-81-106-111(138-115(120)95-63-100(126-71-84-41-17-3-18-42-84)108(133-78-91-55-31-10-32-56-91)101(64-95)127-72-85-43-19-4-20-44-85)112(139-116(121)96-65-102(128-73-86-45-21-5-22-46-86)109(134-79-92-57-33-11-34-58-92)103(66-96)129-74-87-47-23-6-24-48-87)113(118(123)137-106)140-117(122)97-67-104(130-75-88-49-25-7-26-50-88)110(135-80-93-59-35-12-36-60-93)105(68-97)131-76-89-51-27-8-28-52-89/h1-68,106,111-113,118,123H,69-81H2/t106-,111-,112+,113-,118?/m1/s1. The molecule has 16 aromatic carbocycles. The zero-order chi connectivity index (χ0) is 95.7. The lowest BCUT2D eigenvalue weighted by molar-refractivity contribution is -0.284. The molecule has 140 heavy (non-hydrogen) atoms. The van der Waals surface area contributed by atoms with Crippen molar-refractivity contribution in [1.82, 2.24) is 0 Å². The average Bonchev–Trinajstić information content (AvgIpc) is 0.769. The second-order valence-corrected chi connectivity index (χ2v) is 32.8. The molecule has 704 valence electrons. The predicted molar refractivity (Wildman–Crippen MR) is 524 cm³/mol. The van der Waals surface area contributed by atoms with Gasteiger partial charge >= 0.3 is 23.9 Å². The monoisotopic (exact) mass is 1870 g/mol. The predicted octanol–water partition coefficient (Wildman–Crippen LogP) is 23.2. The molecular formula is C118H100O22. The first-order valence-electron chi connectivity index (χ1n) is 45.8. The number of aliphatic hydroxyl groups excluding tert-OH is 1. The summed E-state index contributed by atoms with van der Waals surface area (Å²) < 4.78 is 114. The zero-order valence-corrected chi connectivity index (χ0v) is 76.4. The van der Waals surface area contributed by atoms with Crippen LogP contribution in [0, 0.1) is 0 Å². The molecule has 1 aliphatic rings. The van der Waals surface area contributed by atoms with Gasteiger partial charge in [0.05, 0.1) is 22.3 Å². The van der Waals surface area contributed by atoms with Gasteiger partial charge in [-0.1, -0.05) is 364 Å². The van der Waals surface area contributed by atoms with Crippen molar-refractivity contribution in [3.63, 3.8) is 0 Å². The highest BCUT2D eigenvalue weighted by Gasteiger charge is 2.53. The lowest BCUT2D eigenvalue weighted by atomic mass is 9.97. The summed E-state index contributed by atoms with van der Waals surface area (Å²) >= 11 is 0. The molecule has 16 aromatic rings. The van der Waals surface area contributed by atoms with Crippen molar-refractivity contribution < 1.29 is 105 Å². The zero-order valence-electron chi connectivity index (χ0n) is 76.4. The van der Waals surface area contributed by atoms with Crippen molar-refractivity contribution in [2.45, 2.75) is 110 Å². The molecule has 1 unspecified atom stereocenters. The number of rotatable bonds is 45. The summed E-state index contributed by atoms with van der Waals surface area (Å²) in [5, 5.41) is 13.3. The highest BCUT2D eigenvalue weighted by atomic mass is 16.7. The van der Waals surface area contributed by atoms with Gasteiger partial charge in [0.2, 0.25) is 23.0 Å². The van der Waals surface area contributed by atoms with Crippen LogP contribution in [0.5, 0.6) is 69.0 Å². The summed E-state index contributed by atoms with van der Waals surface area (Å²) in [5.41, 5.74) is 8.37. The third kappa shape index (κ3) is 26.6. The lowest BCUT2D eigenvalue weighted by Crippen LogP contribution is -2.62. The van der Waals surface area contributed by atoms with Gasteiger partial charge in [-0.3, -0.25) is 0 Å². The summed E-state index contributed by atoms with van der Waals surface area (Å²) in [7, 11) is 0. The number of hydrogen-bond acceptors (Lipinski definition) is 22. The van der Waals surface area contributed by atoms with Crippen molar-refractivity contribution in [3.05, 3.63) is 502 Å². The summed E-state index contributed by atoms with van der Waals surface area (Å²) in [6.07, 6.45) is -10.8. The Morgan fingerprint density at radius 1 is 0.200 bits per heavy atom. The van der Waals surface area contributed by atoms with Crippen LogP contribution in [-0.4, -0.2) is 66.3 Å². The van der Waals surface area contributed by atoms with Crippen LogP contribution in [0.2, 0.25) is 0 Å². The van der Waals surface area contributed by atoms with E-state index < -0.39 is 61.2 Å². The Morgan fingerprint density at radius 2 is 0.357 bits per heavy atom. The van der Waals surface area contributed by atoms with Gasteiger partial charge in [-0.05, 0) is 115 Å². The average molecular weight is 1870 g/mol.